The summed E-state index contributed by atoms with van der Waals surface area (Å²) in [7, 11) is 0. The molecule has 21 heavy (non-hydrogen) atoms. The maximum absolute atomic E-state index is 11.7. The van der Waals surface area contributed by atoms with Crippen molar-refractivity contribution in [3.05, 3.63) is 54.8 Å². The molecule has 0 fully saturated rings. The van der Waals surface area contributed by atoms with Crippen molar-refractivity contribution in [2.45, 2.75) is 13.3 Å². The van der Waals surface area contributed by atoms with Crippen LogP contribution in [0.15, 0.2) is 49.3 Å². The van der Waals surface area contributed by atoms with E-state index < -0.39 is 11.9 Å². The molecule has 0 aliphatic heterocycles. The van der Waals surface area contributed by atoms with Crippen molar-refractivity contribution in [2.24, 2.45) is 0 Å². The van der Waals surface area contributed by atoms with Gasteiger partial charge in [-0.2, -0.15) is 0 Å². The molecule has 112 valence electrons. The minimum Gasteiger partial charge on any atom is -0.463 e. The molecule has 1 rings (SSSR count). The SMILES string of the molecule is C=CCNc1ccccc1CC(=O)OC=CC(=O)OCC. The molecule has 5 nitrogen and oxygen atoms in total. The molecule has 0 unspecified atom stereocenters. The summed E-state index contributed by atoms with van der Waals surface area (Å²) in [6.07, 6.45) is 3.95. The number of carbonyl (C=O) groups excluding carboxylic acids is 2. The van der Waals surface area contributed by atoms with Gasteiger partial charge in [0, 0.05) is 12.2 Å². The summed E-state index contributed by atoms with van der Waals surface area (Å²) in [6, 6.07) is 7.43. The summed E-state index contributed by atoms with van der Waals surface area (Å²) in [4.78, 5) is 22.7. The van der Waals surface area contributed by atoms with E-state index in [9.17, 15) is 9.59 Å². The van der Waals surface area contributed by atoms with E-state index in [-0.39, 0.29) is 13.0 Å². The summed E-state index contributed by atoms with van der Waals surface area (Å²) in [6.45, 7) is 6.21. The Hall–Kier alpha value is -2.56. The molecule has 0 saturated carbocycles. The van der Waals surface area contributed by atoms with Gasteiger partial charge >= 0.3 is 11.9 Å². The van der Waals surface area contributed by atoms with Crippen molar-refractivity contribution in [3.63, 3.8) is 0 Å². The van der Waals surface area contributed by atoms with E-state index in [1.807, 2.05) is 24.3 Å². The number of para-hydroxylation sites is 1. The van der Waals surface area contributed by atoms with Gasteiger partial charge < -0.3 is 14.8 Å². The number of benzene rings is 1. The summed E-state index contributed by atoms with van der Waals surface area (Å²) in [5, 5.41) is 3.14. The molecule has 1 aromatic rings. The van der Waals surface area contributed by atoms with Crippen LogP contribution in [0.3, 0.4) is 0 Å². The highest BCUT2D eigenvalue weighted by Crippen LogP contribution is 2.15. The molecule has 0 saturated heterocycles. The molecular formula is C16H19NO4. The highest BCUT2D eigenvalue weighted by atomic mass is 16.5. The van der Waals surface area contributed by atoms with Crippen LogP contribution in [0.25, 0.3) is 0 Å². The van der Waals surface area contributed by atoms with E-state index in [1.54, 1.807) is 13.0 Å². The van der Waals surface area contributed by atoms with E-state index in [1.165, 1.54) is 0 Å². The highest BCUT2D eigenvalue weighted by Gasteiger charge is 2.07. The Morgan fingerprint density at radius 2 is 2.10 bits per heavy atom. The van der Waals surface area contributed by atoms with Crippen molar-refractivity contribution in [2.75, 3.05) is 18.5 Å². The first-order valence-corrected chi connectivity index (χ1v) is 6.62. The largest absolute Gasteiger partial charge is 0.463 e. The Morgan fingerprint density at radius 1 is 1.33 bits per heavy atom. The lowest BCUT2D eigenvalue weighted by Crippen LogP contribution is -2.08. The van der Waals surface area contributed by atoms with Crippen LogP contribution in [0.4, 0.5) is 5.69 Å². The quantitative estimate of drug-likeness (QED) is 0.345. The lowest BCUT2D eigenvalue weighted by atomic mass is 10.1. The second-order valence-corrected chi connectivity index (χ2v) is 4.05. The average molecular weight is 289 g/mol. The lowest BCUT2D eigenvalue weighted by molar-refractivity contribution is -0.138. The number of anilines is 1. The van der Waals surface area contributed by atoms with Gasteiger partial charge in [0.05, 0.1) is 19.1 Å². The van der Waals surface area contributed by atoms with Crippen LogP contribution in [-0.4, -0.2) is 25.1 Å². The third kappa shape index (κ3) is 6.42. The van der Waals surface area contributed by atoms with Gasteiger partial charge in [0.25, 0.3) is 0 Å². The fourth-order valence-corrected chi connectivity index (χ4v) is 1.58. The van der Waals surface area contributed by atoms with E-state index in [2.05, 4.69) is 16.6 Å². The van der Waals surface area contributed by atoms with Crippen LogP contribution in [0.2, 0.25) is 0 Å². The van der Waals surface area contributed by atoms with E-state index in [4.69, 9.17) is 4.74 Å². The van der Waals surface area contributed by atoms with Gasteiger partial charge in [-0.3, -0.25) is 4.79 Å². The zero-order valence-corrected chi connectivity index (χ0v) is 12.0. The molecule has 0 radical (unpaired) electrons. The Kier molecular flexibility index (Phi) is 7.35. The molecule has 0 spiro atoms. The van der Waals surface area contributed by atoms with Gasteiger partial charge in [0.1, 0.15) is 6.26 Å². The third-order valence-corrected chi connectivity index (χ3v) is 2.48. The van der Waals surface area contributed by atoms with Crippen LogP contribution in [0.5, 0.6) is 0 Å². The second kappa shape index (κ2) is 9.36. The Labute approximate surface area is 124 Å². The summed E-state index contributed by atoms with van der Waals surface area (Å²) < 4.78 is 9.52. The Balaban J connectivity index is 2.54. The van der Waals surface area contributed by atoms with Crippen LogP contribution in [-0.2, 0) is 25.5 Å². The Bertz CT molecular complexity index is 523. The monoisotopic (exact) mass is 289 g/mol. The van der Waals surface area contributed by atoms with E-state index >= 15 is 0 Å². The Morgan fingerprint density at radius 3 is 2.81 bits per heavy atom. The number of ether oxygens (including phenoxy) is 2. The van der Waals surface area contributed by atoms with Crippen LogP contribution >= 0.6 is 0 Å². The molecule has 0 amide bonds. The zero-order valence-electron chi connectivity index (χ0n) is 12.0. The number of rotatable bonds is 8. The topological polar surface area (TPSA) is 64.6 Å². The second-order valence-electron chi connectivity index (χ2n) is 4.05. The summed E-state index contributed by atoms with van der Waals surface area (Å²) >= 11 is 0. The predicted molar refractivity (Wildman–Crippen MR) is 80.7 cm³/mol. The van der Waals surface area contributed by atoms with Crippen LogP contribution in [0, 0.1) is 0 Å². The number of hydrogen-bond acceptors (Lipinski definition) is 5. The highest BCUT2D eigenvalue weighted by molar-refractivity contribution is 5.82. The molecule has 0 atom stereocenters. The van der Waals surface area contributed by atoms with Crippen molar-refractivity contribution < 1.29 is 19.1 Å². The van der Waals surface area contributed by atoms with Gasteiger partial charge in [-0.15, -0.1) is 6.58 Å². The van der Waals surface area contributed by atoms with Crippen molar-refractivity contribution in [1.29, 1.82) is 0 Å². The summed E-state index contributed by atoms with van der Waals surface area (Å²) in [5.41, 5.74) is 1.66. The number of carbonyl (C=O) groups is 2. The van der Waals surface area contributed by atoms with Crippen molar-refractivity contribution >= 4 is 17.6 Å². The fourth-order valence-electron chi connectivity index (χ4n) is 1.58. The smallest absolute Gasteiger partial charge is 0.333 e. The van der Waals surface area contributed by atoms with Gasteiger partial charge in [-0.25, -0.2) is 4.79 Å². The molecule has 0 heterocycles. The normalized spacial score (nSPS) is 10.1. The third-order valence-electron chi connectivity index (χ3n) is 2.48. The molecule has 5 heteroatoms. The van der Waals surface area contributed by atoms with Crippen molar-refractivity contribution in [3.8, 4) is 0 Å². The molecular weight excluding hydrogens is 270 g/mol. The number of esters is 2. The van der Waals surface area contributed by atoms with Crippen molar-refractivity contribution in [1.82, 2.24) is 0 Å². The van der Waals surface area contributed by atoms with Gasteiger partial charge in [-0.05, 0) is 18.6 Å². The predicted octanol–water partition coefficient (Wildman–Crippen LogP) is 2.45. The molecule has 0 aliphatic rings. The lowest BCUT2D eigenvalue weighted by Gasteiger charge is -2.09. The molecule has 0 aliphatic carbocycles. The zero-order chi connectivity index (χ0) is 15.5. The molecule has 0 bridgehead atoms. The van der Waals surface area contributed by atoms with Gasteiger partial charge in [0.2, 0.25) is 0 Å². The minimum atomic E-state index is -0.543. The van der Waals surface area contributed by atoms with Crippen LogP contribution in [0.1, 0.15) is 12.5 Å². The first-order valence-electron chi connectivity index (χ1n) is 6.62. The molecule has 1 aromatic carbocycles. The maximum Gasteiger partial charge on any atom is 0.333 e. The first kappa shape index (κ1) is 16.5. The standard InChI is InChI=1S/C16H19NO4/c1-3-10-17-14-8-6-5-7-13(14)12-16(19)21-11-9-15(18)20-4-2/h3,5-9,11,17H,1,4,10,12H2,2H3. The minimum absolute atomic E-state index is 0.105. The molecule has 1 N–H and O–H groups in total. The van der Waals surface area contributed by atoms with E-state index in [0.717, 1.165) is 23.6 Å². The first-order chi connectivity index (χ1) is 10.2. The van der Waals surface area contributed by atoms with Gasteiger partial charge in [0.15, 0.2) is 0 Å². The van der Waals surface area contributed by atoms with Gasteiger partial charge in [-0.1, -0.05) is 24.3 Å². The van der Waals surface area contributed by atoms with Crippen LogP contribution < -0.4 is 5.32 Å². The number of hydrogen-bond donors (Lipinski definition) is 1. The number of nitrogens with one attached hydrogen (secondary N) is 1. The molecule has 0 aromatic heterocycles. The summed E-state index contributed by atoms with van der Waals surface area (Å²) in [5.74, 6) is -0.998. The fraction of sp³-hybridized carbons (Fsp3) is 0.250. The maximum atomic E-state index is 11.7. The van der Waals surface area contributed by atoms with E-state index in [0.29, 0.717) is 6.54 Å². The average Bonchev–Trinajstić information content (AvgIpc) is 2.46.